The van der Waals surface area contributed by atoms with Crippen molar-refractivity contribution in [1.29, 1.82) is 0 Å². The van der Waals surface area contributed by atoms with Crippen LogP contribution in [0.2, 0.25) is 0 Å². The van der Waals surface area contributed by atoms with E-state index in [0.29, 0.717) is 19.4 Å². The van der Waals surface area contributed by atoms with E-state index < -0.39 is 0 Å². The van der Waals surface area contributed by atoms with Gasteiger partial charge in [-0.05, 0) is 44.4 Å². The molecule has 0 heterocycles. The van der Waals surface area contributed by atoms with Crippen molar-refractivity contribution in [1.82, 2.24) is 5.32 Å². The van der Waals surface area contributed by atoms with Crippen LogP contribution in [0.5, 0.6) is 0 Å². The Kier molecular flexibility index (Phi) is 7.10. The Labute approximate surface area is 115 Å². The summed E-state index contributed by atoms with van der Waals surface area (Å²) in [6.45, 7) is 4.60. The summed E-state index contributed by atoms with van der Waals surface area (Å²) in [5.74, 6) is 0.434. The second-order valence-electron chi connectivity index (χ2n) is 5.45. The Hall–Kier alpha value is -0.870. The average molecular weight is 269 g/mol. The van der Waals surface area contributed by atoms with Crippen LogP contribution in [0.3, 0.4) is 0 Å². The fourth-order valence-corrected chi connectivity index (χ4v) is 2.68. The van der Waals surface area contributed by atoms with E-state index in [4.69, 9.17) is 0 Å². The number of aliphatic hydroxyl groups is 2. The maximum Gasteiger partial charge on any atom is 0.219 e. The van der Waals surface area contributed by atoms with Gasteiger partial charge in [-0.15, -0.1) is 0 Å². The van der Waals surface area contributed by atoms with E-state index in [-0.39, 0.29) is 30.0 Å². The van der Waals surface area contributed by atoms with Crippen molar-refractivity contribution in [3.8, 4) is 0 Å². The zero-order chi connectivity index (χ0) is 14.3. The molecule has 0 aliphatic heterocycles. The minimum Gasteiger partial charge on any atom is -0.393 e. The number of carbonyl (C=O) groups excluding carboxylic acids is 1. The topological polar surface area (TPSA) is 69.6 Å². The van der Waals surface area contributed by atoms with Gasteiger partial charge in [0.15, 0.2) is 0 Å². The Balaban J connectivity index is 2.15. The lowest BCUT2D eigenvalue weighted by Gasteiger charge is -2.17. The van der Waals surface area contributed by atoms with Gasteiger partial charge >= 0.3 is 0 Å². The largest absolute Gasteiger partial charge is 0.393 e. The van der Waals surface area contributed by atoms with E-state index in [9.17, 15) is 15.0 Å². The summed E-state index contributed by atoms with van der Waals surface area (Å²) in [6, 6.07) is 0. The SMILES string of the molecule is CCNC(=O)CCC/C=C\C[C@@H]1[C@@H](C)[C@H](O)C[C@@H]1O. The molecule has 0 saturated heterocycles. The highest BCUT2D eigenvalue weighted by Gasteiger charge is 2.37. The number of allylic oxidation sites excluding steroid dienone is 2. The molecule has 1 aliphatic carbocycles. The molecule has 4 heteroatoms. The summed E-state index contributed by atoms with van der Waals surface area (Å²) >= 11 is 0. The molecule has 4 nitrogen and oxygen atoms in total. The van der Waals surface area contributed by atoms with Crippen LogP contribution in [0.4, 0.5) is 0 Å². The van der Waals surface area contributed by atoms with Crippen LogP contribution in [0.1, 0.15) is 46.0 Å². The van der Waals surface area contributed by atoms with Crippen LogP contribution in [-0.4, -0.2) is 34.9 Å². The first kappa shape index (κ1) is 16.2. The van der Waals surface area contributed by atoms with Crippen molar-refractivity contribution in [3.05, 3.63) is 12.2 Å². The smallest absolute Gasteiger partial charge is 0.219 e. The molecule has 1 fully saturated rings. The highest BCUT2D eigenvalue weighted by atomic mass is 16.3. The van der Waals surface area contributed by atoms with Gasteiger partial charge in [0.25, 0.3) is 0 Å². The first-order valence-corrected chi connectivity index (χ1v) is 7.34. The van der Waals surface area contributed by atoms with Gasteiger partial charge in [0.1, 0.15) is 0 Å². The van der Waals surface area contributed by atoms with Gasteiger partial charge < -0.3 is 15.5 Å². The molecule has 0 spiro atoms. The van der Waals surface area contributed by atoms with Gasteiger partial charge in [0.05, 0.1) is 12.2 Å². The summed E-state index contributed by atoms with van der Waals surface area (Å²) in [4.78, 5) is 11.2. The quantitative estimate of drug-likeness (QED) is 0.486. The van der Waals surface area contributed by atoms with E-state index >= 15 is 0 Å². The summed E-state index contributed by atoms with van der Waals surface area (Å²) in [5.41, 5.74) is 0. The number of aliphatic hydroxyl groups excluding tert-OH is 2. The molecule has 0 unspecified atom stereocenters. The number of nitrogens with one attached hydrogen (secondary N) is 1. The number of hydrogen-bond acceptors (Lipinski definition) is 3. The zero-order valence-corrected chi connectivity index (χ0v) is 12.0. The Morgan fingerprint density at radius 1 is 1.32 bits per heavy atom. The molecule has 110 valence electrons. The van der Waals surface area contributed by atoms with E-state index in [0.717, 1.165) is 19.3 Å². The van der Waals surface area contributed by atoms with Crippen LogP contribution in [0, 0.1) is 11.8 Å². The van der Waals surface area contributed by atoms with Gasteiger partial charge in [-0.25, -0.2) is 0 Å². The van der Waals surface area contributed by atoms with Crippen molar-refractivity contribution in [2.45, 2.75) is 58.2 Å². The highest BCUT2D eigenvalue weighted by molar-refractivity contribution is 5.75. The fourth-order valence-electron chi connectivity index (χ4n) is 2.68. The average Bonchev–Trinajstić information content (AvgIpc) is 2.59. The van der Waals surface area contributed by atoms with Gasteiger partial charge in [-0.1, -0.05) is 19.1 Å². The van der Waals surface area contributed by atoms with Crippen LogP contribution < -0.4 is 5.32 Å². The predicted molar refractivity (Wildman–Crippen MR) is 75.6 cm³/mol. The number of amides is 1. The summed E-state index contributed by atoms with van der Waals surface area (Å²) in [7, 11) is 0. The molecular weight excluding hydrogens is 242 g/mol. The first-order chi connectivity index (χ1) is 9.06. The number of rotatable bonds is 7. The maximum absolute atomic E-state index is 11.2. The lowest BCUT2D eigenvalue weighted by Crippen LogP contribution is -2.21. The van der Waals surface area contributed by atoms with E-state index in [1.54, 1.807) is 0 Å². The van der Waals surface area contributed by atoms with Crippen LogP contribution in [-0.2, 0) is 4.79 Å². The third-order valence-corrected chi connectivity index (χ3v) is 3.98. The molecule has 1 saturated carbocycles. The molecule has 1 rings (SSSR count). The van der Waals surface area contributed by atoms with E-state index in [1.807, 2.05) is 13.8 Å². The van der Waals surface area contributed by atoms with Crippen molar-refractivity contribution < 1.29 is 15.0 Å². The lowest BCUT2D eigenvalue weighted by atomic mass is 9.92. The maximum atomic E-state index is 11.2. The molecule has 0 aromatic carbocycles. The van der Waals surface area contributed by atoms with Crippen LogP contribution in [0.25, 0.3) is 0 Å². The zero-order valence-electron chi connectivity index (χ0n) is 12.0. The third-order valence-electron chi connectivity index (χ3n) is 3.98. The summed E-state index contributed by atoms with van der Waals surface area (Å²) in [6.07, 6.45) is 7.00. The normalized spacial score (nSPS) is 30.9. The van der Waals surface area contributed by atoms with Crippen molar-refractivity contribution >= 4 is 5.91 Å². The Morgan fingerprint density at radius 3 is 2.63 bits per heavy atom. The molecule has 4 atom stereocenters. The molecule has 0 aromatic rings. The van der Waals surface area contributed by atoms with Crippen molar-refractivity contribution in [2.75, 3.05) is 6.54 Å². The van der Waals surface area contributed by atoms with Crippen LogP contribution >= 0.6 is 0 Å². The number of unbranched alkanes of at least 4 members (excludes halogenated alkanes) is 1. The molecule has 1 amide bonds. The van der Waals surface area contributed by atoms with Crippen molar-refractivity contribution in [3.63, 3.8) is 0 Å². The fraction of sp³-hybridized carbons (Fsp3) is 0.800. The molecular formula is C15H27NO3. The number of hydrogen-bond donors (Lipinski definition) is 3. The molecule has 1 aliphatic rings. The third kappa shape index (κ3) is 5.33. The lowest BCUT2D eigenvalue weighted by molar-refractivity contribution is -0.121. The first-order valence-electron chi connectivity index (χ1n) is 7.34. The molecule has 3 N–H and O–H groups in total. The van der Waals surface area contributed by atoms with Gasteiger partial charge in [-0.2, -0.15) is 0 Å². The molecule has 0 bridgehead atoms. The van der Waals surface area contributed by atoms with Crippen molar-refractivity contribution in [2.24, 2.45) is 11.8 Å². The van der Waals surface area contributed by atoms with Gasteiger partial charge in [0, 0.05) is 13.0 Å². The van der Waals surface area contributed by atoms with Crippen LogP contribution in [0.15, 0.2) is 12.2 Å². The summed E-state index contributed by atoms with van der Waals surface area (Å²) < 4.78 is 0. The second kappa shape index (κ2) is 8.33. The summed E-state index contributed by atoms with van der Waals surface area (Å²) in [5, 5.41) is 22.3. The molecule has 19 heavy (non-hydrogen) atoms. The minimum absolute atomic E-state index is 0.110. The Morgan fingerprint density at radius 2 is 2.05 bits per heavy atom. The second-order valence-corrected chi connectivity index (χ2v) is 5.45. The van der Waals surface area contributed by atoms with E-state index in [2.05, 4.69) is 17.5 Å². The predicted octanol–water partition coefficient (Wildman–Crippen LogP) is 1.62. The number of carbonyl (C=O) groups is 1. The molecule has 0 radical (unpaired) electrons. The Bertz CT molecular complexity index is 304. The monoisotopic (exact) mass is 269 g/mol. The van der Waals surface area contributed by atoms with Gasteiger partial charge in [-0.3, -0.25) is 4.79 Å². The molecule has 0 aromatic heterocycles. The standard InChI is InChI=1S/C15H27NO3/c1-3-16-15(19)9-7-5-4-6-8-12-11(2)13(17)10-14(12)18/h4,6,11-14,17-18H,3,5,7-10H2,1-2H3,(H,16,19)/b6-4-/t11-,12-,13-,14+/m1/s1. The minimum atomic E-state index is -0.384. The van der Waals surface area contributed by atoms with Gasteiger partial charge in [0.2, 0.25) is 5.91 Å². The highest BCUT2D eigenvalue weighted by Crippen LogP contribution is 2.34. The van der Waals surface area contributed by atoms with E-state index in [1.165, 1.54) is 0 Å².